The molecular weight excluding hydrogens is 326 g/mol. The quantitative estimate of drug-likeness (QED) is 0.877. The third-order valence-corrected chi connectivity index (χ3v) is 4.62. The minimum atomic E-state index is -3.64. The predicted molar refractivity (Wildman–Crippen MR) is 85.0 cm³/mol. The van der Waals surface area contributed by atoms with E-state index in [9.17, 15) is 8.42 Å². The summed E-state index contributed by atoms with van der Waals surface area (Å²) in [6.07, 6.45) is 0. The van der Waals surface area contributed by atoms with Crippen molar-refractivity contribution in [3.8, 4) is 11.5 Å². The van der Waals surface area contributed by atoms with Gasteiger partial charge in [0, 0.05) is 17.6 Å². The molecule has 0 spiro atoms. The molecule has 0 aliphatic heterocycles. The van der Waals surface area contributed by atoms with Crippen LogP contribution in [0.5, 0.6) is 11.5 Å². The molecule has 0 bridgehead atoms. The minimum Gasteiger partial charge on any atom is -0.497 e. The molecule has 0 amide bonds. The number of hydrogen-bond acceptors (Lipinski definition) is 4. The monoisotopic (exact) mass is 341 g/mol. The Hall–Kier alpha value is -1.76. The van der Waals surface area contributed by atoms with E-state index >= 15 is 0 Å². The molecule has 1 N–H and O–H groups in total. The van der Waals surface area contributed by atoms with Gasteiger partial charge in [-0.2, -0.15) is 0 Å². The Labute approximate surface area is 134 Å². The Morgan fingerprint density at radius 3 is 2.23 bits per heavy atom. The number of methoxy groups -OCH3 is 2. The Balaban J connectivity index is 2.18. The number of halogens is 1. The van der Waals surface area contributed by atoms with Crippen LogP contribution in [0.3, 0.4) is 0 Å². The van der Waals surface area contributed by atoms with Crippen LogP contribution in [-0.2, 0) is 16.6 Å². The van der Waals surface area contributed by atoms with Crippen LogP contribution in [0.1, 0.15) is 5.56 Å². The SMILES string of the molecule is COc1cc(CNS(=O)(=O)c2cccc(Cl)c2)cc(OC)c1. The second-order valence-electron chi connectivity index (χ2n) is 4.50. The molecule has 0 heterocycles. The van der Waals surface area contributed by atoms with Crippen molar-refractivity contribution < 1.29 is 17.9 Å². The zero-order chi connectivity index (χ0) is 16.2. The van der Waals surface area contributed by atoms with Gasteiger partial charge in [0.15, 0.2) is 0 Å². The number of nitrogens with one attached hydrogen (secondary N) is 1. The number of sulfonamides is 1. The van der Waals surface area contributed by atoms with Crippen LogP contribution in [0.25, 0.3) is 0 Å². The first-order valence-corrected chi connectivity index (χ1v) is 8.28. The molecule has 0 atom stereocenters. The van der Waals surface area contributed by atoms with E-state index in [1.807, 2.05) is 0 Å². The highest BCUT2D eigenvalue weighted by molar-refractivity contribution is 7.89. The lowest BCUT2D eigenvalue weighted by Gasteiger charge is -2.10. The molecular formula is C15H16ClNO4S. The lowest BCUT2D eigenvalue weighted by molar-refractivity contribution is 0.393. The van der Waals surface area contributed by atoms with Gasteiger partial charge >= 0.3 is 0 Å². The second kappa shape index (κ2) is 7.00. The maximum Gasteiger partial charge on any atom is 0.240 e. The summed E-state index contributed by atoms with van der Waals surface area (Å²) in [5.74, 6) is 1.19. The van der Waals surface area contributed by atoms with Gasteiger partial charge < -0.3 is 9.47 Å². The van der Waals surface area contributed by atoms with Crippen molar-refractivity contribution in [1.82, 2.24) is 4.72 Å². The standard InChI is InChI=1S/C15H16ClNO4S/c1-20-13-6-11(7-14(9-13)21-2)10-17-22(18,19)15-5-3-4-12(16)8-15/h3-9,17H,10H2,1-2H3. The number of rotatable bonds is 6. The van der Waals surface area contributed by atoms with E-state index in [0.29, 0.717) is 16.5 Å². The molecule has 0 saturated carbocycles. The van der Waals surface area contributed by atoms with Crippen LogP contribution in [-0.4, -0.2) is 22.6 Å². The van der Waals surface area contributed by atoms with Crippen molar-refractivity contribution in [3.05, 3.63) is 53.1 Å². The fraction of sp³-hybridized carbons (Fsp3) is 0.200. The molecule has 0 unspecified atom stereocenters. The van der Waals surface area contributed by atoms with Crippen LogP contribution in [0, 0.1) is 0 Å². The summed E-state index contributed by atoms with van der Waals surface area (Å²) in [4.78, 5) is 0.120. The molecule has 2 rings (SSSR count). The molecule has 0 aliphatic rings. The lowest BCUT2D eigenvalue weighted by atomic mass is 10.2. The highest BCUT2D eigenvalue weighted by Crippen LogP contribution is 2.23. The topological polar surface area (TPSA) is 64.6 Å². The maximum absolute atomic E-state index is 12.2. The molecule has 5 nitrogen and oxygen atoms in total. The molecule has 0 aliphatic carbocycles. The zero-order valence-electron chi connectivity index (χ0n) is 12.2. The van der Waals surface area contributed by atoms with E-state index < -0.39 is 10.0 Å². The van der Waals surface area contributed by atoms with Gasteiger partial charge in [-0.05, 0) is 35.9 Å². The Morgan fingerprint density at radius 1 is 1.05 bits per heavy atom. The summed E-state index contributed by atoms with van der Waals surface area (Å²) in [6, 6.07) is 11.3. The maximum atomic E-state index is 12.2. The average molecular weight is 342 g/mol. The molecule has 22 heavy (non-hydrogen) atoms. The Bertz CT molecular complexity index is 740. The van der Waals surface area contributed by atoms with Gasteiger partial charge in [0.1, 0.15) is 11.5 Å². The Morgan fingerprint density at radius 2 is 1.68 bits per heavy atom. The third-order valence-electron chi connectivity index (χ3n) is 2.98. The van der Waals surface area contributed by atoms with E-state index in [0.717, 1.165) is 5.56 Å². The van der Waals surface area contributed by atoms with Crippen molar-refractivity contribution in [2.45, 2.75) is 11.4 Å². The number of benzene rings is 2. The fourth-order valence-electron chi connectivity index (χ4n) is 1.86. The summed E-state index contributed by atoms with van der Waals surface area (Å²) in [6.45, 7) is 0.113. The summed E-state index contributed by atoms with van der Waals surface area (Å²) < 4.78 is 37.3. The van der Waals surface area contributed by atoms with Crippen molar-refractivity contribution >= 4 is 21.6 Å². The van der Waals surface area contributed by atoms with E-state index in [4.69, 9.17) is 21.1 Å². The minimum absolute atomic E-state index is 0.113. The molecule has 0 fully saturated rings. The zero-order valence-corrected chi connectivity index (χ0v) is 13.7. The molecule has 118 valence electrons. The average Bonchev–Trinajstić information content (AvgIpc) is 2.52. The van der Waals surface area contributed by atoms with Crippen molar-refractivity contribution in [3.63, 3.8) is 0 Å². The highest BCUT2D eigenvalue weighted by Gasteiger charge is 2.14. The van der Waals surface area contributed by atoms with Gasteiger partial charge in [-0.25, -0.2) is 13.1 Å². The Kier molecular flexibility index (Phi) is 5.28. The summed E-state index contributed by atoms with van der Waals surface area (Å²) >= 11 is 5.82. The molecule has 2 aromatic carbocycles. The van der Waals surface area contributed by atoms with Crippen molar-refractivity contribution in [2.75, 3.05) is 14.2 Å². The first kappa shape index (κ1) is 16.6. The number of ether oxygens (including phenoxy) is 2. The van der Waals surface area contributed by atoms with Gasteiger partial charge in [0.2, 0.25) is 10.0 Å². The molecule has 0 saturated heterocycles. The normalized spacial score (nSPS) is 11.2. The second-order valence-corrected chi connectivity index (χ2v) is 6.71. The molecule has 2 aromatic rings. The van der Waals surface area contributed by atoms with Crippen molar-refractivity contribution in [2.24, 2.45) is 0 Å². The van der Waals surface area contributed by atoms with Gasteiger partial charge in [-0.3, -0.25) is 0 Å². The summed E-state index contributed by atoms with van der Waals surface area (Å²) in [7, 11) is -0.563. The van der Waals surface area contributed by atoms with Gasteiger partial charge in [-0.15, -0.1) is 0 Å². The van der Waals surface area contributed by atoms with E-state index in [2.05, 4.69) is 4.72 Å². The lowest BCUT2D eigenvalue weighted by Crippen LogP contribution is -2.23. The highest BCUT2D eigenvalue weighted by atomic mass is 35.5. The van der Waals surface area contributed by atoms with Crippen LogP contribution < -0.4 is 14.2 Å². The molecule has 0 aromatic heterocycles. The summed E-state index contributed by atoms with van der Waals surface area (Å²) in [5, 5.41) is 0.367. The largest absolute Gasteiger partial charge is 0.497 e. The van der Waals surface area contributed by atoms with Gasteiger partial charge in [0.05, 0.1) is 19.1 Å². The summed E-state index contributed by atoms with van der Waals surface area (Å²) in [5.41, 5.74) is 0.724. The van der Waals surface area contributed by atoms with Crippen LogP contribution in [0.2, 0.25) is 5.02 Å². The van der Waals surface area contributed by atoms with Crippen LogP contribution in [0.15, 0.2) is 47.4 Å². The van der Waals surface area contributed by atoms with Gasteiger partial charge in [0.25, 0.3) is 0 Å². The van der Waals surface area contributed by atoms with E-state index in [1.165, 1.54) is 26.4 Å². The van der Waals surface area contributed by atoms with Gasteiger partial charge in [-0.1, -0.05) is 17.7 Å². The van der Waals surface area contributed by atoms with Crippen LogP contribution >= 0.6 is 11.6 Å². The predicted octanol–water partition coefficient (Wildman–Crippen LogP) is 2.84. The van der Waals surface area contributed by atoms with E-state index in [-0.39, 0.29) is 11.4 Å². The van der Waals surface area contributed by atoms with Crippen LogP contribution in [0.4, 0.5) is 0 Å². The van der Waals surface area contributed by atoms with Crippen molar-refractivity contribution in [1.29, 1.82) is 0 Å². The fourth-order valence-corrected chi connectivity index (χ4v) is 3.18. The first-order chi connectivity index (χ1) is 10.4. The molecule has 0 radical (unpaired) electrons. The molecule has 7 heteroatoms. The third kappa shape index (κ3) is 4.13. The van der Waals surface area contributed by atoms with E-state index in [1.54, 1.807) is 30.3 Å². The number of hydrogen-bond donors (Lipinski definition) is 1. The first-order valence-electron chi connectivity index (χ1n) is 6.42. The smallest absolute Gasteiger partial charge is 0.240 e.